The van der Waals surface area contributed by atoms with Crippen LogP contribution >= 0.6 is 0 Å². The van der Waals surface area contributed by atoms with E-state index in [0.717, 1.165) is 12.0 Å². The van der Waals surface area contributed by atoms with Crippen molar-refractivity contribution >= 4 is 0 Å². The molecule has 0 bridgehead atoms. The van der Waals surface area contributed by atoms with Crippen LogP contribution in [0.2, 0.25) is 0 Å². The molecule has 0 aliphatic carbocycles. The van der Waals surface area contributed by atoms with Crippen molar-refractivity contribution in [3.05, 3.63) is 35.1 Å². The summed E-state index contributed by atoms with van der Waals surface area (Å²) in [6.45, 7) is 4.37. The van der Waals surface area contributed by atoms with E-state index in [1.807, 2.05) is 19.9 Å². The van der Waals surface area contributed by atoms with E-state index in [-0.39, 0.29) is 17.8 Å². The van der Waals surface area contributed by atoms with Crippen LogP contribution in [-0.2, 0) is 4.74 Å². The lowest BCUT2D eigenvalue weighted by Crippen LogP contribution is -2.13. The van der Waals surface area contributed by atoms with Crippen molar-refractivity contribution in [1.82, 2.24) is 0 Å². The summed E-state index contributed by atoms with van der Waals surface area (Å²) in [5.74, 6) is -0.211. The molecule has 3 atom stereocenters. The van der Waals surface area contributed by atoms with Gasteiger partial charge in [0.25, 0.3) is 0 Å². The van der Waals surface area contributed by atoms with Gasteiger partial charge in [0.05, 0.1) is 18.8 Å². The second-order valence-electron chi connectivity index (χ2n) is 4.65. The van der Waals surface area contributed by atoms with E-state index in [1.54, 1.807) is 0 Å². The molecule has 0 spiro atoms. The summed E-state index contributed by atoms with van der Waals surface area (Å²) in [7, 11) is 0. The Labute approximate surface area is 95.1 Å². The van der Waals surface area contributed by atoms with Gasteiger partial charge in [-0.15, -0.1) is 0 Å². The number of aryl methyl sites for hydroxylation is 1. The highest BCUT2D eigenvalue weighted by atomic mass is 19.1. The molecule has 1 saturated heterocycles. The Morgan fingerprint density at radius 2 is 2.19 bits per heavy atom. The second kappa shape index (κ2) is 4.52. The lowest BCUT2D eigenvalue weighted by molar-refractivity contribution is 0.0802. The summed E-state index contributed by atoms with van der Waals surface area (Å²) in [6, 6.07) is 4.70. The molecule has 1 aromatic rings. The molecule has 3 unspecified atom stereocenters. The molecule has 0 radical (unpaired) electrons. The van der Waals surface area contributed by atoms with Gasteiger partial charge in [0, 0.05) is 5.92 Å². The van der Waals surface area contributed by atoms with Crippen molar-refractivity contribution in [1.29, 1.82) is 0 Å². The van der Waals surface area contributed by atoms with Gasteiger partial charge in [-0.2, -0.15) is 0 Å². The maximum absolute atomic E-state index is 13.2. The molecule has 1 aromatic carbocycles. The van der Waals surface area contributed by atoms with Crippen molar-refractivity contribution in [3.63, 3.8) is 0 Å². The third-order valence-corrected chi connectivity index (χ3v) is 3.08. The van der Waals surface area contributed by atoms with Crippen LogP contribution in [0, 0.1) is 18.7 Å². The lowest BCUT2D eigenvalue weighted by atomic mass is 9.93. The topological polar surface area (TPSA) is 29.5 Å². The summed E-state index contributed by atoms with van der Waals surface area (Å²) in [6.07, 6.45) is 0.394. The number of aliphatic hydroxyl groups excluding tert-OH is 1. The third-order valence-electron chi connectivity index (χ3n) is 3.08. The fourth-order valence-corrected chi connectivity index (χ4v) is 2.28. The van der Waals surface area contributed by atoms with Gasteiger partial charge in [0.1, 0.15) is 5.82 Å². The van der Waals surface area contributed by atoms with E-state index < -0.39 is 6.10 Å². The van der Waals surface area contributed by atoms with E-state index in [2.05, 4.69) is 0 Å². The first-order valence-corrected chi connectivity index (χ1v) is 5.63. The molecular weight excluding hydrogens is 207 g/mol. The fraction of sp³-hybridized carbons (Fsp3) is 0.538. The number of rotatable bonds is 2. The van der Waals surface area contributed by atoms with Crippen molar-refractivity contribution in [2.45, 2.75) is 32.5 Å². The number of benzene rings is 1. The Kier molecular flexibility index (Phi) is 3.26. The van der Waals surface area contributed by atoms with Crippen LogP contribution in [-0.4, -0.2) is 17.8 Å². The summed E-state index contributed by atoms with van der Waals surface area (Å²) in [4.78, 5) is 0. The van der Waals surface area contributed by atoms with Crippen LogP contribution < -0.4 is 0 Å². The predicted molar refractivity (Wildman–Crippen MR) is 59.6 cm³/mol. The maximum atomic E-state index is 13.2. The normalized spacial score (nSPS) is 27.0. The molecule has 2 nitrogen and oxygen atoms in total. The Morgan fingerprint density at radius 1 is 1.44 bits per heavy atom. The standard InChI is InChI=1S/C13H17FO2/c1-8-3-10(6-12(14)4-8)13(15)11-5-9(2)16-7-11/h3-4,6,9,11,13,15H,5,7H2,1-2H3. The van der Waals surface area contributed by atoms with E-state index in [9.17, 15) is 9.50 Å². The van der Waals surface area contributed by atoms with Gasteiger partial charge in [0.15, 0.2) is 0 Å². The molecule has 0 amide bonds. The van der Waals surface area contributed by atoms with Crippen LogP contribution in [0.4, 0.5) is 4.39 Å². The smallest absolute Gasteiger partial charge is 0.123 e. The Hall–Kier alpha value is -0.930. The largest absolute Gasteiger partial charge is 0.388 e. The lowest BCUT2D eigenvalue weighted by Gasteiger charge is -2.17. The van der Waals surface area contributed by atoms with Crippen molar-refractivity contribution in [3.8, 4) is 0 Å². The first-order valence-electron chi connectivity index (χ1n) is 5.63. The first-order chi connectivity index (χ1) is 7.56. The van der Waals surface area contributed by atoms with Gasteiger partial charge < -0.3 is 9.84 Å². The first kappa shape index (κ1) is 11.6. The molecule has 88 valence electrons. The predicted octanol–water partition coefficient (Wildman–Crippen LogP) is 2.59. The SMILES string of the molecule is Cc1cc(F)cc(C(O)C2COC(C)C2)c1. The van der Waals surface area contributed by atoms with E-state index in [1.165, 1.54) is 12.1 Å². The van der Waals surface area contributed by atoms with E-state index in [4.69, 9.17) is 4.74 Å². The minimum Gasteiger partial charge on any atom is -0.388 e. The molecule has 1 heterocycles. The second-order valence-corrected chi connectivity index (χ2v) is 4.65. The Balaban J connectivity index is 2.17. The minimum absolute atomic E-state index is 0.0798. The average Bonchev–Trinajstić information content (AvgIpc) is 2.62. The van der Waals surface area contributed by atoms with Crippen LogP contribution in [0.25, 0.3) is 0 Å². The van der Waals surface area contributed by atoms with Crippen molar-refractivity contribution in [2.75, 3.05) is 6.61 Å². The Bertz CT molecular complexity index is 358. The van der Waals surface area contributed by atoms with Gasteiger partial charge in [-0.25, -0.2) is 4.39 Å². The van der Waals surface area contributed by atoms with Crippen LogP contribution in [0.1, 0.15) is 30.6 Å². The molecular formula is C13H17FO2. The van der Waals surface area contributed by atoms with Gasteiger partial charge in [0.2, 0.25) is 0 Å². The van der Waals surface area contributed by atoms with E-state index in [0.29, 0.717) is 12.2 Å². The monoisotopic (exact) mass is 224 g/mol. The average molecular weight is 224 g/mol. The molecule has 16 heavy (non-hydrogen) atoms. The molecule has 3 heteroatoms. The number of halogens is 1. The van der Waals surface area contributed by atoms with Crippen LogP contribution in [0.15, 0.2) is 18.2 Å². The third kappa shape index (κ3) is 2.42. The van der Waals surface area contributed by atoms with Crippen LogP contribution in [0.5, 0.6) is 0 Å². The van der Waals surface area contributed by atoms with Crippen molar-refractivity contribution < 1.29 is 14.2 Å². The molecule has 2 rings (SSSR count). The van der Waals surface area contributed by atoms with Gasteiger partial charge in [-0.3, -0.25) is 0 Å². The summed E-state index contributed by atoms with van der Waals surface area (Å²) in [5, 5.41) is 10.1. The summed E-state index contributed by atoms with van der Waals surface area (Å²) in [5.41, 5.74) is 1.49. The number of ether oxygens (including phenoxy) is 1. The zero-order chi connectivity index (χ0) is 11.7. The zero-order valence-corrected chi connectivity index (χ0v) is 9.61. The summed E-state index contributed by atoms with van der Waals surface area (Å²) >= 11 is 0. The summed E-state index contributed by atoms with van der Waals surface area (Å²) < 4.78 is 18.6. The molecule has 1 aliphatic rings. The van der Waals surface area contributed by atoms with Gasteiger partial charge in [-0.05, 0) is 43.5 Å². The number of hydrogen-bond donors (Lipinski definition) is 1. The number of aliphatic hydroxyl groups is 1. The zero-order valence-electron chi connectivity index (χ0n) is 9.61. The molecule has 1 aliphatic heterocycles. The van der Waals surface area contributed by atoms with Crippen LogP contribution in [0.3, 0.4) is 0 Å². The van der Waals surface area contributed by atoms with E-state index >= 15 is 0 Å². The Morgan fingerprint density at radius 3 is 2.75 bits per heavy atom. The van der Waals surface area contributed by atoms with Gasteiger partial charge in [-0.1, -0.05) is 6.07 Å². The highest BCUT2D eigenvalue weighted by Crippen LogP contribution is 2.32. The quantitative estimate of drug-likeness (QED) is 0.836. The molecule has 0 aromatic heterocycles. The minimum atomic E-state index is -0.626. The molecule has 1 N–H and O–H groups in total. The fourth-order valence-electron chi connectivity index (χ4n) is 2.28. The highest BCUT2D eigenvalue weighted by molar-refractivity contribution is 5.25. The maximum Gasteiger partial charge on any atom is 0.123 e. The van der Waals surface area contributed by atoms with Gasteiger partial charge >= 0.3 is 0 Å². The van der Waals surface area contributed by atoms with Crippen molar-refractivity contribution in [2.24, 2.45) is 5.92 Å². The molecule has 0 saturated carbocycles. The molecule has 1 fully saturated rings. The number of hydrogen-bond acceptors (Lipinski definition) is 2. The highest BCUT2D eigenvalue weighted by Gasteiger charge is 2.29.